The molecule has 0 aromatic carbocycles. The molecule has 0 amide bonds. The van der Waals surface area contributed by atoms with Gasteiger partial charge < -0.3 is 36.0 Å². The summed E-state index contributed by atoms with van der Waals surface area (Å²) >= 11 is 0. The van der Waals surface area contributed by atoms with Gasteiger partial charge >= 0.3 is 0 Å². The Morgan fingerprint density at radius 2 is 1.75 bits per heavy atom. The highest BCUT2D eigenvalue weighted by molar-refractivity contribution is 5.62. The van der Waals surface area contributed by atoms with Gasteiger partial charge in [0.2, 0.25) is 0 Å². The fourth-order valence-electron chi connectivity index (χ4n) is 1.12. The van der Waals surface area contributed by atoms with Crippen LogP contribution in [-0.4, -0.2) is 68.8 Å². The summed E-state index contributed by atoms with van der Waals surface area (Å²) in [5, 5.41) is 43.5. The van der Waals surface area contributed by atoms with Gasteiger partial charge in [0.25, 0.3) is 5.97 Å². The van der Waals surface area contributed by atoms with E-state index in [1.54, 1.807) is 0 Å². The molecule has 1 rings (SSSR count). The topological polar surface area (TPSA) is 153 Å². The van der Waals surface area contributed by atoms with Crippen molar-refractivity contribution in [2.45, 2.75) is 37.6 Å². The molecule has 1 unspecified atom stereocenters. The van der Waals surface area contributed by atoms with Crippen LogP contribution in [0.5, 0.6) is 0 Å². The van der Waals surface area contributed by atoms with Crippen LogP contribution in [0.4, 0.5) is 0 Å². The molecule has 5 atom stereocenters. The summed E-state index contributed by atoms with van der Waals surface area (Å²) in [4.78, 5) is 9.00. The van der Waals surface area contributed by atoms with E-state index in [-0.39, 0.29) is 0 Å². The molecule has 8 nitrogen and oxygen atoms in total. The number of carboxylic acids is 1. The molecule has 8 heteroatoms. The van der Waals surface area contributed by atoms with E-state index < -0.39 is 43.2 Å². The minimum absolute atomic E-state index is 0.470. The third-order valence-electron chi connectivity index (χ3n) is 1.95. The average Bonchev–Trinajstić information content (AvgIpc) is 2.19. The van der Waals surface area contributed by atoms with E-state index in [1.807, 2.05) is 0 Å². The zero-order chi connectivity index (χ0) is 12.9. The summed E-state index contributed by atoms with van der Waals surface area (Å²) in [6.45, 7) is 0.613. The van der Waals surface area contributed by atoms with Crippen LogP contribution in [0.15, 0.2) is 0 Å². The van der Waals surface area contributed by atoms with Crippen LogP contribution in [0.2, 0.25) is 0 Å². The molecular weight excluding hydrogens is 222 g/mol. The van der Waals surface area contributed by atoms with Crippen LogP contribution >= 0.6 is 0 Å². The summed E-state index contributed by atoms with van der Waals surface area (Å²) in [7, 11) is 0. The van der Waals surface area contributed by atoms with Crippen molar-refractivity contribution < 1.29 is 35.1 Å². The molecule has 0 aromatic rings. The van der Waals surface area contributed by atoms with Gasteiger partial charge in [-0.05, 0) is 0 Å². The van der Waals surface area contributed by atoms with Gasteiger partial charge in [-0.1, -0.05) is 0 Å². The van der Waals surface area contributed by atoms with Crippen LogP contribution in [0.3, 0.4) is 0 Å². The van der Waals surface area contributed by atoms with E-state index >= 15 is 0 Å². The average molecular weight is 239 g/mol. The molecule has 0 aliphatic carbocycles. The maximum absolute atomic E-state index is 9.20. The molecule has 0 aromatic heterocycles. The summed E-state index contributed by atoms with van der Waals surface area (Å²) < 4.78 is 4.70. The predicted octanol–water partition coefficient (Wildman–Crippen LogP) is -3.16. The molecule has 0 saturated carbocycles. The predicted molar refractivity (Wildman–Crippen MR) is 51.3 cm³/mol. The minimum atomic E-state index is -1.35. The van der Waals surface area contributed by atoms with Gasteiger partial charge in [-0.3, -0.25) is 4.79 Å². The Bertz CT molecular complexity index is 216. The Kier molecular flexibility index (Phi) is 6.41. The third-order valence-corrected chi connectivity index (χ3v) is 1.95. The standard InChI is InChI=1S/C6H13NO5.C2H4O2/c7-3-5(10)4(9)2(1-8)12-6(3)11;1-2(3)4/h2-6,8-11H,1,7H2;1H3,(H,3,4)/t2-,3+,4-,5-,6?;/m1./s1. The third kappa shape index (κ3) is 4.39. The Hall–Kier alpha value is -0.770. The second-order valence-electron chi connectivity index (χ2n) is 3.33. The van der Waals surface area contributed by atoms with Crippen molar-refractivity contribution in [2.75, 3.05) is 6.61 Å². The normalized spacial score (nSPS) is 38.5. The van der Waals surface area contributed by atoms with E-state index in [1.165, 1.54) is 0 Å². The summed E-state index contributed by atoms with van der Waals surface area (Å²) in [6, 6.07) is -1.04. The van der Waals surface area contributed by atoms with Gasteiger partial charge in [0.05, 0.1) is 12.6 Å². The Morgan fingerprint density at radius 1 is 1.31 bits per heavy atom. The van der Waals surface area contributed by atoms with Crippen molar-refractivity contribution >= 4 is 5.97 Å². The maximum Gasteiger partial charge on any atom is 0.300 e. The van der Waals surface area contributed by atoms with Crippen molar-refractivity contribution in [3.63, 3.8) is 0 Å². The number of carbonyl (C=O) groups is 1. The molecule has 96 valence electrons. The van der Waals surface area contributed by atoms with Crippen LogP contribution < -0.4 is 5.73 Å². The Labute approximate surface area is 91.9 Å². The first-order valence-electron chi connectivity index (χ1n) is 4.56. The van der Waals surface area contributed by atoms with E-state index in [2.05, 4.69) is 0 Å². The van der Waals surface area contributed by atoms with Crippen molar-refractivity contribution in [2.24, 2.45) is 5.73 Å². The van der Waals surface area contributed by atoms with Crippen LogP contribution in [0.25, 0.3) is 0 Å². The van der Waals surface area contributed by atoms with E-state index in [9.17, 15) is 10.2 Å². The van der Waals surface area contributed by atoms with Gasteiger partial charge in [0, 0.05) is 6.92 Å². The summed E-state index contributed by atoms with van der Waals surface area (Å²) in [5.74, 6) is -0.833. The number of ether oxygens (including phenoxy) is 1. The Balaban J connectivity index is 0.000000487. The van der Waals surface area contributed by atoms with Crippen LogP contribution in [0.1, 0.15) is 6.92 Å². The largest absolute Gasteiger partial charge is 0.481 e. The second-order valence-corrected chi connectivity index (χ2v) is 3.33. The monoisotopic (exact) mass is 239 g/mol. The number of aliphatic hydroxyl groups excluding tert-OH is 4. The number of aliphatic hydroxyl groups is 4. The number of hydrogen-bond donors (Lipinski definition) is 6. The molecule has 1 heterocycles. The number of carboxylic acid groups (broad SMARTS) is 1. The molecule has 1 aliphatic rings. The van der Waals surface area contributed by atoms with E-state index in [4.69, 9.17) is 30.6 Å². The van der Waals surface area contributed by atoms with Gasteiger partial charge in [-0.25, -0.2) is 0 Å². The number of aliphatic carboxylic acids is 1. The number of rotatable bonds is 1. The SMILES string of the molecule is CC(=O)O.N[C@@H]1C(O)O[C@H](CO)[C@@H](O)[C@@H]1O. The highest BCUT2D eigenvalue weighted by Crippen LogP contribution is 2.17. The van der Waals surface area contributed by atoms with Crippen LogP contribution in [0, 0.1) is 0 Å². The molecule has 1 aliphatic heterocycles. The molecular formula is C8H17NO7. The fraction of sp³-hybridized carbons (Fsp3) is 0.875. The lowest BCUT2D eigenvalue weighted by Crippen LogP contribution is -2.61. The van der Waals surface area contributed by atoms with Crippen molar-refractivity contribution in [1.29, 1.82) is 0 Å². The molecule has 7 N–H and O–H groups in total. The molecule has 0 spiro atoms. The first kappa shape index (κ1) is 15.2. The van der Waals surface area contributed by atoms with Gasteiger partial charge in [-0.15, -0.1) is 0 Å². The smallest absolute Gasteiger partial charge is 0.300 e. The van der Waals surface area contributed by atoms with Crippen molar-refractivity contribution in [1.82, 2.24) is 0 Å². The molecule has 1 saturated heterocycles. The molecule has 0 radical (unpaired) electrons. The molecule has 0 bridgehead atoms. The van der Waals surface area contributed by atoms with E-state index in [0.717, 1.165) is 6.92 Å². The minimum Gasteiger partial charge on any atom is -0.481 e. The zero-order valence-corrected chi connectivity index (χ0v) is 8.72. The maximum atomic E-state index is 9.20. The van der Waals surface area contributed by atoms with Crippen molar-refractivity contribution in [3.8, 4) is 0 Å². The fourth-order valence-corrected chi connectivity index (χ4v) is 1.12. The van der Waals surface area contributed by atoms with Gasteiger partial charge in [0.1, 0.15) is 18.3 Å². The first-order valence-corrected chi connectivity index (χ1v) is 4.56. The Morgan fingerprint density at radius 3 is 2.12 bits per heavy atom. The first-order chi connectivity index (χ1) is 7.31. The molecule has 1 fully saturated rings. The van der Waals surface area contributed by atoms with Crippen LogP contribution in [-0.2, 0) is 9.53 Å². The quantitative estimate of drug-likeness (QED) is 0.280. The lowest BCUT2D eigenvalue weighted by atomic mass is 9.98. The summed E-state index contributed by atoms with van der Waals surface area (Å²) in [5.41, 5.74) is 5.26. The van der Waals surface area contributed by atoms with Gasteiger partial charge in [0.15, 0.2) is 6.29 Å². The van der Waals surface area contributed by atoms with Gasteiger partial charge in [-0.2, -0.15) is 0 Å². The molecule has 16 heavy (non-hydrogen) atoms. The van der Waals surface area contributed by atoms with E-state index in [0.29, 0.717) is 0 Å². The second kappa shape index (κ2) is 6.74. The zero-order valence-electron chi connectivity index (χ0n) is 8.72. The lowest BCUT2D eigenvalue weighted by molar-refractivity contribution is -0.248. The lowest BCUT2D eigenvalue weighted by Gasteiger charge is -2.38. The number of hydrogen-bond acceptors (Lipinski definition) is 7. The highest BCUT2D eigenvalue weighted by Gasteiger charge is 2.41. The van der Waals surface area contributed by atoms with Crippen molar-refractivity contribution in [3.05, 3.63) is 0 Å². The highest BCUT2D eigenvalue weighted by atomic mass is 16.6. The summed E-state index contributed by atoms with van der Waals surface area (Å²) in [6.07, 6.45) is -4.85. The number of nitrogens with two attached hydrogens (primary N) is 1.